The zero-order chi connectivity index (χ0) is 21.1. The number of piperidine rings is 1. The number of amides is 1. The average Bonchev–Trinajstić information content (AvgIpc) is 2.79. The fourth-order valence-corrected chi connectivity index (χ4v) is 5.64. The van der Waals surface area contributed by atoms with Crippen molar-refractivity contribution in [1.82, 2.24) is 4.90 Å². The molecule has 2 aromatic carbocycles. The van der Waals surface area contributed by atoms with Crippen LogP contribution in [-0.4, -0.2) is 41.1 Å². The first-order valence-electron chi connectivity index (χ1n) is 11.6. The molecule has 2 aromatic rings. The van der Waals surface area contributed by atoms with Gasteiger partial charge in [0, 0.05) is 18.0 Å². The Kier molecular flexibility index (Phi) is 7.79. The van der Waals surface area contributed by atoms with Gasteiger partial charge in [-0.1, -0.05) is 43.2 Å². The Balaban J connectivity index is 0.00000272. The maximum atomic E-state index is 13.5. The molecule has 1 heterocycles. The number of carbonyl (C=O) groups excluding carboxylic acids is 1. The van der Waals surface area contributed by atoms with Gasteiger partial charge in [0.15, 0.2) is 0 Å². The number of nitrogens with zero attached hydrogens (tertiary/aromatic N) is 1. The summed E-state index contributed by atoms with van der Waals surface area (Å²) in [5.74, 6) is 0.172. The van der Waals surface area contributed by atoms with Crippen molar-refractivity contribution in [3.63, 3.8) is 0 Å². The van der Waals surface area contributed by atoms with Crippen LogP contribution in [0.1, 0.15) is 67.9 Å². The number of hydrogen-bond acceptors (Lipinski definition) is 2. The lowest BCUT2D eigenvalue weighted by atomic mass is 9.66. The van der Waals surface area contributed by atoms with E-state index in [1.807, 2.05) is 35.2 Å². The highest BCUT2D eigenvalue weighted by molar-refractivity contribution is 5.94. The Morgan fingerprint density at radius 3 is 2.35 bits per heavy atom. The van der Waals surface area contributed by atoms with Crippen molar-refractivity contribution in [2.24, 2.45) is 5.92 Å². The summed E-state index contributed by atoms with van der Waals surface area (Å²) in [6, 6.07) is 18.3. The van der Waals surface area contributed by atoms with Crippen LogP contribution in [0, 0.1) is 5.92 Å². The summed E-state index contributed by atoms with van der Waals surface area (Å²) in [4.78, 5) is 17.0. The molecule has 0 spiro atoms. The van der Waals surface area contributed by atoms with E-state index >= 15 is 0 Å². The Bertz CT molecular complexity index is 853. The normalized spacial score (nSPS) is 25.6. The van der Waals surface area contributed by atoms with Crippen molar-refractivity contribution in [3.05, 3.63) is 65.7 Å². The van der Waals surface area contributed by atoms with Gasteiger partial charge < -0.3 is 27.3 Å². The van der Waals surface area contributed by atoms with Gasteiger partial charge in [0.1, 0.15) is 5.69 Å². The van der Waals surface area contributed by atoms with Crippen LogP contribution in [-0.2, 0) is 0 Å². The molecule has 3 unspecified atom stereocenters. The highest BCUT2D eigenvalue weighted by Crippen LogP contribution is 2.49. The summed E-state index contributed by atoms with van der Waals surface area (Å²) in [5, 5.41) is 11.5. The van der Waals surface area contributed by atoms with Gasteiger partial charge in [-0.25, -0.2) is 0 Å². The molecule has 0 aromatic heterocycles. The molecule has 1 aliphatic carbocycles. The second-order valence-corrected chi connectivity index (χ2v) is 8.95. The van der Waals surface area contributed by atoms with Gasteiger partial charge >= 0.3 is 0 Å². The van der Waals surface area contributed by atoms with E-state index in [4.69, 9.17) is 0 Å². The van der Waals surface area contributed by atoms with Gasteiger partial charge in [0.2, 0.25) is 0 Å². The summed E-state index contributed by atoms with van der Waals surface area (Å²) in [7, 11) is 0. The zero-order valence-electron chi connectivity index (χ0n) is 18.7. The SMILES string of the molecule is CC[NH+](CC)c1ccc(C2C3CCCCC3(O)CCN2C(=O)c2ccccc2)cc1.[Cl-]. The lowest BCUT2D eigenvalue weighted by molar-refractivity contribution is -0.828. The van der Waals surface area contributed by atoms with Crippen molar-refractivity contribution >= 4 is 11.6 Å². The first-order chi connectivity index (χ1) is 14.6. The monoisotopic (exact) mass is 442 g/mol. The fourth-order valence-electron chi connectivity index (χ4n) is 5.64. The summed E-state index contributed by atoms with van der Waals surface area (Å²) < 4.78 is 0. The number of carbonyl (C=O) groups is 1. The van der Waals surface area contributed by atoms with E-state index in [2.05, 4.69) is 38.1 Å². The predicted octanol–water partition coefficient (Wildman–Crippen LogP) is 0.755. The highest BCUT2D eigenvalue weighted by atomic mass is 35.5. The number of benzene rings is 2. The number of hydrogen-bond donors (Lipinski definition) is 2. The lowest BCUT2D eigenvalue weighted by Gasteiger charge is -2.52. The van der Waals surface area contributed by atoms with Crippen molar-refractivity contribution in [2.75, 3.05) is 19.6 Å². The number of nitrogens with one attached hydrogen (secondary N) is 1. The van der Waals surface area contributed by atoms with Crippen LogP contribution in [0.5, 0.6) is 0 Å². The molecule has 168 valence electrons. The number of likely N-dealkylation sites (tertiary alicyclic amines) is 1. The van der Waals surface area contributed by atoms with Crippen LogP contribution in [0.25, 0.3) is 0 Å². The van der Waals surface area contributed by atoms with Crippen molar-refractivity contribution in [3.8, 4) is 0 Å². The number of fused-ring (bicyclic) bond motifs is 1. The van der Waals surface area contributed by atoms with Gasteiger partial charge in [0.25, 0.3) is 5.91 Å². The summed E-state index contributed by atoms with van der Waals surface area (Å²) in [6.45, 7) is 7.13. The van der Waals surface area contributed by atoms with Gasteiger partial charge in [-0.15, -0.1) is 0 Å². The van der Waals surface area contributed by atoms with Gasteiger partial charge in [-0.2, -0.15) is 0 Å². The molecule has 1 amide bonds. The van der Waals surface area contributed by atoms with E-state index in [1.165, 1.54) is 10.6 Å². The van der Waals surface area contributed by atoms with Crippen LogP contribution >= 0.6 is 0 Å². The first kappa shape index (κ1) is 23.8. The number of halogens is 1. The zero-order valence-corrected chi connectivity index (χ0v) is 19.4. The standard InChI is InChI=1S/C26H34N2O2.ClH/c1-3-27(4-2)22-15-13-20(14-16-22)24-23-12-8-9-17-26(23,30)18-19-28(24)25(29)21-10-6-5-7-11-21;/h5-7,10-11,13-16,23-24,30H,3-4,8-9,12,17-19H2,1-2H3;1H. The largest absolute Gasteiger partial charge is 1.00 e. The Labute approximate surface area is 192 Å². The van der Waals surface area contributed by atoms with Crippen molar-refractivity contribution in [2.45, 2.75) is 57.6 Å². The van der Waals surface area contributed by atoms with Crippen LogP contribution in [0.3, 0.4) is 0 Å². The molecule has 2 aliphatic rings. The maximum absolute atomic E-state index is 13.5. The number of aliphatic hydroxyl groups is 1. The van der Waals surface area contributed by atoms with Crippen molar-refractivity contribution < 1.29 is 27.2 Å². The van der Waals surface area contributed by atoms with Gasteiger partial charge in [-0.05, 0) is 62.9 Å². The van der Waals surface area contributed by atoms with E-state index in [1.54, 1.807) is 0 Å². The maximum Gasteiger partial charge on any atom is 0.254 e. The Morgan fingerprint density at radius 2 is 1.71 bits per heavy atom. The molecule has 3 atom stereocenters. The minimum Gasteiger partial charge on any atom is -1.00 e. The second kappa shape index (κ2) is 10.2. The van der Waals surface area contributed by atoms with E-state index in [0.29, 0.717) is 13.0 Å². The minimum absolute atomic E-state index is 0. The van der Waals surface area contributed by atoms with Gasteiger partial charge in [-0.3, -0.25) is 4.79 Å². The highest BCUT2D eigenvalue weighted by Gasteiger charge is 2.50. The van der Waals surface area contributed by atoms with E-state index in [9.17, 15) is 9.90 Å². The first-order valence-corrected chi connectivity index (χ1v) is 11.6. The molecule has 5 heteroatoms. The topological polar surface area (TPSA) is 45.0 Å². The lowest BCUT2D eigenvalue weighted by Crippen LogP contribution is -3.06. The molecule has 4 nitrogen and oxygen atoms in total. The number of quaternary nitrogens is 1. The van der Waals surface area contributed by atoms with E-state index in [-0.39, 0.29) is 30.3 Å². The molecule has 0 bridgehead atoms. The average molecular weight is 443 g/mol. The molecule has 1 saturated carbocycles. The molecule has 1 saturated heterocycles. The molecular formula is C26H35ClN2O2. The molecule has 4 rings (SSSR count). The summed E-state index contributed by atoms with van der Waals surface area (Å²) in [5.41, 5.74) is 2.52. The third-order valence-electron chi connectivity index (χ3n) is 7.36. The molecule has 1 aliphatic heterocycles. The van der Waals surface area contributed by atoms with Crippen LogP contribution in [0.15, 0.2) is 54.6 Å². The van der Waals surface area contributed by atoms with E-state index in [0.717, 1.165) is 49.9 Å². The summed E-state index contributed by atoms with van der Waals surface area (Å²) >= 11 is 0. The van der Waals surface area contributed by atoms with Gasteiger partial charge in [0.05, 0.1) is 24.7 Å². The Morgan fingerprint density at radius 1 is 1.03 bits per heavy atom. The van der Waals surface area contributed by atoms with Crippen LogP contribution < -0.4 is 17.3 Å². The fraction of sp³-hybridized carbons (Fsp3) is 0.500. The molecule has 2 N–H and O–H groups in total. The quantitative estimate of drug-likeness (QED) is 0.718. The molecule has 2 fully saturated rings. The third-order valence-corrected chi connectivity index (χ3v) is 7.36. The van der Waals surface area contributed by atoms with Crippen molar-refractivity contribution in [1.29, 1.82) is 0 Å². The van der Waals surface area contributed by atoms with E-state index < -0.39 is 5.60 Å². The predicted molar refractivity (Wildman–Crippen MR) is 120 cm³/mol. The molecule has 31 heavy (non-hydrogen) atoms. The third kappa shape index (κ3) is 4.67. The summed E-state index contributed by atoms with van der Waals surface area (Å²) in [6.07, 6.45) is 4.70. The van der Waals surface area contributed by atoms with Crippen LogP contribution in [0.4, 0.5) is 5.69 Å². The second-order valence-electron chi connectivity index (χ2n) is 8.95. The number of rotatable bonds is 5. The molecule has 0 radical (unpaired) electrons. The van der Waals surface area contributed by atoms with Crippen LogP contribution in [0.2, 0.25) is 0 Å². The molecular weight excluding hydrogens is 408 g/mol. The minimum atomic E-state index is -0.654. The smallest absolute Gasteiger partial charge is 0.254 e. The Hall–Kier alpha value is -1.88.